The van der Waals surface area contributed by atoms with Crippen LogP contribution in [0.25, 0.3) is 0 Å². The van der Waals surface area contributed by atoms with Crippen LogP contribution in [0.5, 0.6) is 5.75 Å². The molecule has 108 valence electrons. The molecule has 1 aliphatic heterocycles. The molecule has 0 amide bonds. The molecule has 2 rings (SSSR count). The molecule has 0 aromatic heterocycles. The van der Waals surface area contributed by atoms with Crippen molar-refractivity contribution in [3.63, 3.8) is 0 Å². The molecule has 1 aliphatic rings. The van der Waals surface area contributed by atoms with E-state index in [4.69, 9.17) is 22.1 Å². The van der Waals surface area contributed by atoms with Crippen molar-refractivity contribution in [3.05, 3.63) is 28.8 Å². The second-order valence-corrected chi connectivity index (χ2v) is 5.37. The Morgan fingerprint density at radius 2 is 2.26 bits per heavy atom. The summed E-state index contributed by atoms with van der Waals surface area (Å²) in [6, 6.07) is 5.79. The summed E-state index contributed by atoms with van der Waals surface area (Å²) in [6.45, 7) is 3.88. The second-order valence-electron chi connectivity index (χ2n) is 4.94. The average molecular weight is 305 g/mol. The van der Waals surface area contributed by atoms with E-state index in [0.29, 0.717) is 5.92 Å². The lowest BCUT2D eigenvalue weighted by molar-refractivity contribution is 0.169. The van der Waals surface area contributed by atoms with Gasteiger partial charge < -0.3 is 10.5 Å². The van der Waals surface area contributed by atoms with E-state index in [1.807, 2.05) is 18.2 Å². The quantitative estimate of drug-likeness (QED) is 0.929. The summed E-state index contributed by atoms with van der Waals surface area (Å²) in [6.07, 6.45) is 2.48. The van der Waals surface area contributed by atoms with Crippen LogP contribution < -0.4 is 10.5 Å². The smallest absolute Gasteiger partial charge is 0.123 e. The van der Waals surface area contributed by atoms with E-state index >= 15 is 0 Å². The molecule has 2 N–H and O–H groups in total. The SMILES string of the molecule is COc1ccc(Cl)cc1CN1CCCC(CN)C1.Cl. The van der Waals surface area contributed by atoms with Crippen molar-refractivity contribution < 1.29 is 4.74 Å². The highest BCUT2D eigenvalue weighted by molar-refractivity contribution is 6.30. The Hall–Kier alpha value is -0.480. The van der Waals surface area contributed by atoms with Crippen molar-refractivity contribution in [2.24, 2.45) is 11.7 Å². The maximum absolute atomic E-state index is 6.05. The largest absolute Gasteiger partial charge is 0.496 e. The van der Waals surface area contributed by atoms with Crippen molar-refractivity contribution in [2.45, 2.75) is 19.4 Å². The molecule has 5 heteroatoms. The lowest BCUT2D eigenvalue weighted by Crippen LogP contribution is -2.37. The topological polar surface area (TPSA) is 38.5 Å². The van der Waals surface area contributed by atoms with E-state index in [2.05, 4.69) is 4.90 Å². The lowest BCUT2D eigenvalue weighted by Gasteiger charge is -2.32. The highest BCUT2D eigenvalue weighted by atomic mass is 35.5. The van der Waals surface area contributed by atoms with Crippen LogP contribution >= 0.6 is 24.0 Å². The van der Waals surface area contributed by atoms with Gasteiger partial charge in [-0.3, -0.25) is 4.90 Å². The maximum Gasteiger partial charge on any atom is 0.123 e. The third-order valence-electron chi connectivity index (χ3n) is 3.57. The minimum absolute atomic E-state index is 0. The van der Waals surface area contributed by atoms with E-state index in [9.17, 15) is 0 Å². The van der Waals surface area contributed by atoms with Crippen LogP contribution in [-0.2, 0) is 6.54 Å². The van der Waals surface area contributed by atoms with Crippen molar-refractivity contribution in [1.82, 2.24) is 4.90 Å². The molecular weight excluding hydrogens is 283 g/mol. The molecule has 0 spiro atoms. The van der Waals surface area contributed by atoms with Crippen molar-refractivity contribution in [3.8, 4) is 5.75 Å². The van der Waals surface area contributed by atoms with E-state index < -0.39 is 0 Å². The molecule has 1 heterocycles. The van der Waals surface area contributed by atoms with Crippen LogP contribution in [0.1, 0.15) is 18.4 Å². The van der Waals surface area contributed by atoms with Gasteiger partial charge in [0.2, 0.25) is 0 Å². The van der Waals surface area contributed by atoms with Crippen molar-refractivity contribution in [2.75, 3.05) is 26.7 Å². The van der Waals surface area contributed by atoms with Gasteiger partial charge in [-0.05, 0) is 50.0 Å². The van der Waals surface area contributed by atoms with Crippen LogP contribution in [0.2, 0.25) is 5.02 Å². The number of hydrogen-bond donors (Lipinski definition) is 1. The van der Waals surface area contributed by atoms with Gasteiger partial charge in [0.15, 0.2) is 0 Å². The molecule has 0 saturated carbocycles. The minimum atomic E-state index is 0. The van der Waals surface area contributed by atoms with Gasteiger partial charge >= 0.3 is 0 Å². The molecule has 1 unspecified atom stereocenters. The highest BCUT2D eigenvalue weighted by Crippen LogP contribution is 2.26. The molecule has 1 aromatic carbocycles. The molecular formula is C14H22Cl2N2O. The zero-order valence-electron chi connectivity index (χ0n) is 11.3. The number of hydrogen-bond acceptors (Lipinski definition) is 3. The summed E-state index contributed by atoms with van der Waals surface area (Å²) in [7, 11) is 1.70. The van der Waals surface area contributed by atoms with E-state index in [0.717, 1.165) is 42.5 Å². The Balaban J connectivity index is 0.00000180. The third-order valence-corrected chi connectivity index (χ3v) is 3.81. The van der Waals surface area contributed by atoms with E-state index in [1.54, 1.807) is 7.11 Å². The molecule has 0 bridgehead atoms. The fourth-order valence-electron chi connectivity index (χ4n) is 2.60. The van der Waals surface area contributed by atoms with Gasteiger partial charge in [-0.15, -0.1) is 12.4 Å². The van der Waals surface area contributed by atoms with Gasteiger partial charge in [0.1, 0.15) is 5.75 Å². The number of rotatable bonds is 4. The van der Waals surface area contributed by atoms with Crippen molar-refractivity contribution in [1.29, 1.82) is 0 Å². The number of ether oxygens (including phenoxy) is 1. The van der Waals surface area contributed by atoms with Crippen molar-refractivity contribution >= 4 is 24.0 Å². The summed E-state index contributed by atoms with van der Waals surface area (Å²) in [4.78, 5) is 2.44. The summed E-state index contributed by atoms with van der Waals surface area (Å²) < 4.78 is 5.39. The zero-order valence-corrected chi connectivity index (χ0v) is 12.8. The highest BCUT2D eigenvalue weighted by Gasteiger charge is 2.19. The van der Waals surface area contributed by atoms with Gasteiger partial charge in [-0.25, -0.2) is 0 Å². The van der Waals surface area contributed by atoms with E-state index in [1.165, 1.54) is 12.8 Å². The number of nitrogens with zero attached hydrogens (tertiary/aromatic N) is 1. The van der Waals surface area contributed by atoms with Gasteiger partial charge in [0, 0.05) is 23.7 Å². The average Bonchev–Trinajstić information content (AvgIpc) is 2.39. The summed E-state index contributed by atoms with van der Waals surface area (Å²) in [5, 5.41) is 0.762. The fourth-order valence-corrected chi connectivity index (χ4v) is 2.79. The Morgan fingerprint density at radius 1 is 1.47 bits per heavy atom. The van der Waals surface area contributed by atoms with Crippen LogP contribution in [0, 0.1) is 5.92 Å². The van der Waals surface area contributed by atoms with Crippen LogP contribution in [0.4, 0.5) is 0 Å². The number of nitrogens with two attached hydrogens (primary N) is 1. The Kier molecular flexibility index (Phi) is 6.94. The monoisotopic (exact) mass is 304 g/mol. The standard InChI is InChI=1S/C14H21ClN2O.ClH/c1-18-14-5-4-13(15)7-12(14)10-17-6-2-3-11(8-16)9-17;/h4-5,7,11H,2-3,6,8-10,16H2,1H3;1H. The number of methoxy groups -OCH3 is 1. The zero-order chi connectivity index (χ0) is 13.0. The molecule has 3 nitrogen and oxygen atoms in total. The Bertz CT molecular complexity index is 401. The predicted octanol–water partition coefficient (Wildman–Crippen LogP) is 2.94. The first kappa shape index (κ1) is 16.6. The van der Waals surface area contributed by atoms with Gasteiger partial charge in [0.05, 0.1) is 7.11 Å². The Labute approximate surface area is 126 Å². The first-order valence-electron chi connectivity index (χ1n) is 6.47. The second kappa shape index (κ2) is 7.95. The summed E-state index contributed by atoms with van der Waals surface area (Å²) >= 11 is 6.05. The maximum atomic E-state index is 6.05. The van der Waals surface area contributed by atoms with Crippen LogP contribution in [-0.4, -0.2) is 31.6 Å². The number of benzene rings is 1. The normalized spacial score (nSPS) is 19.8. The van der Waals surface area contributed by atoms with Gasteiger partial charge in [0.25, 0.3) is 0 Å². The first-order valence-corrected chi connectivity index (χ1v) is 6.85. The molecule has 1 atom stereocenters. The number of likely N-dealkylation sites (tertiary alicyclic amines) is 1. The van der Waals surface area contributed by atoms with Crippen LogP contribution in [0.3, 0.4) is 0 Å². The molecule has 1 aromatic rings. The fraction of sp³-hybridized carbons (Fsp3) is 0.571. The van der Waals surface area contributed by atoms with Gasteiger partial charge in [-0.1, -0.05) is 11.6 Å². The third kappa shape index (κ3) is 4.53. The first-order chi connectivity index (χ1) is 8.72. The van der Waals surface area contributed by atoms with E-state index in [-0.39, 0.29) is 12.4 Å². The lowest BCUT2D eigenvalue weighted by atomic mass is 9.98. The molecule has 1 fully saturated rings. The molecule has 19 heavy (non-hydrogen) atoms. The molecule has 1 saturated heterocycles. The van der Waals surface area contributed by atoms with Crippen LogP contribution in [0.15, 0.2) is 18.2 Å². The summed E-state index contributed by atoms with van der Waals surface area (Å²) in [5.41, 5.74) is 6.92. The summed E-state index contributed by atoms with van der Waals surface area (Å²) in [5.74, 6) is 1.54. The molecule has 0 aliphatic carbocycles. The molecule has 0 radical (unpaired) electrons. The number of piperidine rings is 1. The Morgan fingerprint density at radius 3 is 2.95 bits per heavy atom. The van der Waals surface area contributed by atoms with Gasteiger partial charge in [-0.2, -0.15) is 0 Å². The predicted molar refractivity (Wildman–Crippen MR) is 82.3 cm³/mol. The number of halogens is 2. The minimum Gasteiger partial charge on any atom is -0.496 e.